The summed E-state index contributed by atoms with van der Waals surface area (Å²) >= 11 is 0. The normalized spacial score (nSPS) is 14.5. The molecule has 5 nitrogen and oxygen atoms in total. The minimum atomic E-state index is -0.563. The van der Waals surface area contributed by atoms with Gasteiger partial charge in [0, 0.05) is 23.9 Å². The van der Waals surface area contributed by atoms with Gasteiger partial charge in [-0.15, -0.1) is 0 Å². The first-order chi connectivity index (χ1) is 12.3. The van der Waals surface area contributed by atoms with E-state index in [2.05, 4.69) is 23.4 Å². The molecule has 6 heteroatoms. The van der Waals surface area contributed by atoms with Crippen molar-refractivity contribution in [2.45, 2.75) is 46.7 Å². The maximum Gasteiger partial charge on any atom is 0.351 e. The van der Waals surface area contributed by atoms with Gasteiger partial charge in [-0.3, -0.25) is 9.69 Å². The molecule has 0 unspecified atom stereocenters. The number of rotatable bonds is 5. The molecular formula is C20H22FN3O2. The van der Waals surface area contributed by atoms with E-state index in [0.717, 1.165) is 21.9 Å². The predicted molar refractivity (Wildman–Crippen MR) is 97.8 cm³/mol. The summed E-state index contributed by atoms with van der Waals surface area (Å²) in [6.07, 6.45) is 0.330. The monoisotopic (exact) mass is 355 g/mol. The zero-order valence-corrected chi connectivity index (χ0v) is 15.4. The van der Waals surface area contributed by atoms with E-state index in [1.54, 1.807) is 12.1 Å². The minimum Gasteiger partial charge on any atom is -0.346 e. The number of hydrogen-bond acceptors (Lipinski definition) is 2. The Labute approximate surface area is 152 Å². The van der Waals surface area contributed by atoms with Crippen LogP contribution in [0.3, 0.4) is 0 Å². The van der Waals surface area contributed by atoms with Gasteiger partial charge in [0.15, 0.2) is 0 Å². The summed E-state index contributed by atoms with van der Waals surface area (Å²) in [6.45, 7) is 8.35. The van der Waals surface area contributed by atoms with Gasteiger partial charge in [0.25, 0.3) is 5.91 Å². The van der Waals surface area contributed by atoms with E-state index in [4.69, 9.17) is 0 Å². The Kier molecular flexibility index (Phi) is 4.76. The van der Waals surface area contributed by atoms with Crippen molar-refractivity contribution in [1.82, 2.24) is 9.47 Å². The van der Waals surface area contributed by atoms with Gasteiger partial charge in [-0.05, 0) is 57.0 Å². The number of aryl methyl sites for hydroxylation is 1. The molecule has 0 fully saturated rings. The molecule has 0 atom stereocenters. The third-order valence-electron chi connectivity index (χ3n) is 4.67. The van der Waals surface area contributed by atoms with Crippen LogP contribution < -0.4 is 0 Å². The number of benzene rings is 1. The molecule has 0 radical (unpaired) electrons. The molecule has 2 heterocycles. The molecule has 3 amide bonds. The van der Waals surface area contributed by atoms with E-state index in [-0.39, 0.29) is 24.0 Å². The number of carbonyl (C=O) groups excluding carboxylic acids is 2. The molecule has 1 aromatic carbocycles. The topological polar surface area (TPSA) is 54.7 Å². The van der Waals surface area contributed by atoms with Crippen molar-refractivity contribution in [1.29, 1.82) is 0 Å². The van der Waals surface area contributed by atoms with E-state index < -0.39 is 6.03 Å². The van der Waals surface area contributed by atoms with Crippen molar-refractivity contribution < 1.29 is 14.0 Å². The molecule has 3 rings (SSSR count). The second kappa shape index (κ2) is 6.86. The molecule has 0 saturated heterocycles. The van der Waals surface area contributed by atoms with E-state index in [9.17, 15) is 14.0 Å². The quantitative estimate of drug-likeness (QED) is 0.815. The van der Waals surface area contributed by atoms with Gasteiger partial charge in [-0.25, -0.2) is 9.18 Å². The van der Waals surface area contributed by atoms with Crippen molar-refractivity contribution in [3.63, 3.8) is 0 Å². The molecule has 1 aliphatic heterocycles. The Hall–Kier alpha value is -2.76. The van der Waals surface area contributed by atoms with Crippen LogP contribution in [0.25, 0.3) is 0 Å². The lowest BCUT2D eigenvalue weighted by Crippen LogP contribution is -2.32. The van der Waals surface area contributed by atoms with Crippen LogP contribution >= 0.6 is 0 Å². The standard InChI is InChI=1S/C20H22FN3O2/c1-12(2)24-13(3)9-16(14(24)4)10-18-19(25)23(20(26)22-18)11-15-5-7-17(21)8-6-15/h5-9,12H,10-11H2,1-4H3. The molecule has 0 aliphatic carbocycles. The largest absolute Gasteiger partial charge is 0.351 e. The fourth-order valence-corrected chi connectivity index (χ4v) is 3.49. The Morgan fingerprint density at radius 2 is 1.77 bits per heavy atom. The van der Waals surface area contributed by atoms with Gasteiger partial charge >= 0.3 is 6.03 Å². The summed E-state index contributed by atoms with van der Waals surface area (Å²) in [5.41, 5.74) is 4.13. The molecule has 0 bridgehead atoms. The maximum atomic E-state index is 13.0. The van der Waals surface area contributed by atoms with E-state index >= 15 is 0 Å². The summed E-state index contributed by atoms with van der Waals surface area (Å²) in [5, 5.41) is 0. The number of halogens is 1. The molecule has 1 aromatic heterocycles. The van der Waals surface area contributed by atoms with Gasteiger partial charge in [0.05, 0.1) is 6.54 Å². The van der Waals surface area contributed by atoms with Gasteiger partial charge < -0.3 is 4.57 Å². The summed E-state index contributed by atoms with van der Waals surface area (Å²) < 4.78 is 15.2. The zero-order chi connectivity index (χ0) is 19.0. The molecule has 0 spiro atoms. The van der Waals surface area contributed by atoms with Crippen LogP contribution in [0, 0.1) is 19.7 Å². The number of urea groups is 1. The Morgan fingerprint density at radius 3 is 2.35 bits per heavy atom. The molecule has 136 valence electrons. The molecule has 26 heavy (non-hydrogen) atoms. The van der Waals surface area contributed by atoms with E-state index in [1.807, 2.05) is 19.9 Å². The maximum absolute atomic E-state index is 13.0. The first kappa shape index (κ1) is 18.0. The average molecular weight is 355 g/mol. The van der Waals surface area contributed by atoms with Crippen LogP contribution in [0.15, 0.2) is 35.3 Å². The Bertz CT molecular complexity index is 895. The third-order valence-corrected chi connectivity index (χ3v) is 4.67. The highest BCUT2D eigenvalue weighted by Gasteiger charge is 2.33. The SMILES string of the molecule is Cc1cc(CC2=NC(=O)N(Cc3ccc(F)cc3)C2=O)c(C)n1C(C)C. The number of aliphatic imine (C=N–C) groups is 1. The van der Waals surface area contributed by atoms with E-state index in [1.165, 1.54) is 12.1 Å². The van der Waals surface area contributed by atoms with Crippen LogP contribution in [0.2, 0.25) is 0 Å². The van der Waals surface area contributed by atoms with Gasteiger partial charge in [0.1, 0.15) is 11.5 Å². The van der Waals surface area contributed by atoms with Crippen molar-refractivity contribution in [2.75, 3.05) is 0 Å². The van der Waals surface area contributed by atoms with Gasteiger partial charge in [-0.2, -0.15) is 4.99 Å². The van der Waals surface area contributed by atoms with Crippen LogP contribution in [0.5, 0.6) is 0 Å². The predicted octanol–water partition coefficient (Wildman–Crippen LogP) is 3.97. The fraction of sp³-hybridized carbons (Fsp3) is 0.350. The number of aromatic nitrogens is 1. The van der Waals surface area contributed by atoms with Crippen LogP contribution in [-0.4, -0.2) is 27.1 Å². The first-order valence-corrected chi connectivity index (χ1v) is 8.63. The Balaban J connectivity index is 1.77. The lowest BCUT2D eigenvalue weighted by Gasteiger charge is -2.14. The van der Waals surface area contributed by atoms with Crippen molar-refractivity contribution in [2.24, 2.45) is 4.99 Å². The highest BCUT2D eigenvalue weighted by atomic mass is 19.1. The minimum absolute atomic E-state index is 0.0932. The van der Waals surface area contributed by atoms with Crippen LogP contribution in [-0.2, 0) is 17.8 Å². The van der Waals surface area contributed by atoms with Gasteiger partial charge in [-0.1, -0.05) is 12.1 Å². The van der Waals surface area contributed by atoms with Crippen molar-refractivity contribution in [3.8, 4) is 0 Å². The molecule has 1 aliphatic rings. The van der Waals surface area contributed by atoms with Crippen molar-refractivity contribution in [3.05, 3.63) is 58.7 Å². The molecule has 0 N–H and O–H groups in total. The number of hydrogen-bond donors (Lipinski definition) is 0. The number of carbonyl (C=O) groups is 2. The summed E-state index contributed by atoms with van der Waals surface area (Å²) in [5.74, 6) is -0.737. The number of imide groups is 1. The Morgan fingerprint density at radius 1 is 1.12 bits per heavy atom. The summed E-state index contributed by atoms with van der Waals surface area (Å²) in [7, 11) is 0. The second-order valence-corrected chi connectivity index (χ2v) is 6.90. The second-order valence-electron chi connectivity index (χ2n) is 6.90. The molecular weight excluding hydrogens is 333 g/mol. The number of nitrogens with zero attached hydrogens (tertiary/aromatic N) is 3. The van der Waals surface area contributed by atoms with Gasteiger partial charge in [0.2, 0.25) is 0 Å². The smallest absolute Gasteiger partial charge is 0.346 e. The zero-order valence-electron chi connectivity index (χ0n) is 15.4. The fourth-order valence-electron chi connectivity index (χ4n) is 3.49. The summed E-state index contributed by atoms with van der Waals surface area (Å²) in [6, 6.07) is 7.53. The highest BCUT2D eigenvalue weighted by Crippen LogP contribution is 2.22. The highest BCUT2D eigenvalue weighted by molar-refractivity contribution is 6.46. The first-order valence-electron chi connectivity index (χ1n) is 8.63. The lowest BCUT2D eigenvalue weighted by molar-refractivity contribution is -0.121. The molecule has 2 aromatic rings. The number of amides is 3. The third kappa shape index (κ3) is 3.31. The summed E-state index contributed by atoms with van der Waals surface area (Å²) in [4.78, 5) is 29.8. The van der Waals surface area contributed by atoms with Crippen LogP contribution in [0.1, 0.15) is 42.4 Å². The van der Waals surface area contributed by atoms with Crippen LogP contribution in [0.4, 0.5) is 9.18 Å². The lowest BCUT2D eigenvalue weighted by atomic mass is 10.1. The molecule has 0 saturated carbocycles. The van der Waals surface area contributed by atoms with Crippen molar-refractivity contribution >= 4 is 17.6 Å². The average Bonchev–Trinajstić information content (AvgIpc) is 3.00. The van der Waals surface area contributed by atoms with E-state index in [0.29, 0.717) is 18.0 Å².